The topological polar surface area (TPSA) is 149 Å². The minimum atomic E-state index is -1.59. The summed E-state index contributed by atoms with van der Waals surface area (Å²) in [5.41, 5.74) is 0. The van der Waals surface area contributed by atoms with Crippen LogP contribution >= 0.6 is 0 Å². The van der Waals surface area contributed by atoms with Crippen LogP contribution in [0, 0.1) is 0 Å². The molecule has 7 unspecified atom stereocenters. The highest BCUT2D eigenvalue weighted by atomic mass is 16.7. The maximum Gasteiger partial charge on any atom is 0.220 e. The second-order valence-electron chi connectivity index (χ2n) is 21.4. The normalized spacial score (nSPS) is 19.5. The number of carbonyl (C=O) groups is 1. The molecule has 0 radical (unpaired) electrons. The molecule has 9 heteroatoms. The molecule has 7 atom stereocenters. The third-order valence-electron chi connectivity index (χ3n) is 14.2. The van der Waals surface area contributed by atoms with Crippen LogP contribution in [0.2, 0.25) is 0 Å². The Labute approximate surface area is 483 Å². The summed E-state index contributed by atoms with van der Waals surface area (Å²) in [7, 11) is 0. The number of rotatable bonds is 53. The summed E-state index contributed by atoms with van der Waals surface area (Å²) in [5, 5.41) is 54.6. The number of unbranched alkanes of at least 4 members (excludes halogenated alkanes) is 23. The van der Waals surface area contributed by atoms with Gasteiger partial charge in [-0.3, -0.25) is 4.79 Å². The molecule has 79 heavy (non-hydrogen) atoms. The van der Waals surface area contributed by atoms with Gasteiger partial charge in [0, 0.05) is 6.42 Å². The summed E-state index contributed by atoms with van der Waals surface area (Å²) in [6.45, 7) is 3.64. The van der Waals surface area contributed by atoms with E-state index in [1.54, 1.807) is 6.08 Å². The minimum Gasteiger partial charge on any atom is -0.394 e. The molecule has 0 aromatic carbocycles. The van der Waals surface area contributed by atoms with E-state index in [2.05, 4.69) is 141 Å². The van der Waals surface area contributed by atoms with Gasteiger partial charge in [-0.05, 0) is 109 Å². The molecule has 6 N–H and O–H groups in total. The zero-order chi connectivity index (χ0) is 57.2. The van der Waals surface area contributed by atoms with E-state index in [-0.39, 0.29) is 12.5 Å². The first-order valence-electron chi connectivity index (χ1n) is 31.9. The van der Waals surface area contributed by atoms with Crippen LogP contribution in [0.25, 0.3) is 0 Å². The fourth-order valence-corrected chi connectivity index (χ4v) is 9.20. The van der Waals surface area contributed by atoms with E-state index in [0.717, 1.165) is 116 Å². The molecule has 1 aliphatic rings. The van der Waals surface area contributed by atoms with Crippen LogP contribution in [0.1, 0.15) is 245 Å². The minimum absolute atomic E-state index is 0.204. The number of amides is 1. The Kier molecular flexibility index (Phi) is 53.4. The Hall–Kier alpha value is -3.67. The highest BCUT2D eigenvalue weighted by Gasteiger charge is 2.44. The van der Waals surface area contributed by atoms with E-state index in [4.69, 9.17) is 9.47 Å². The van der Waals surface area contributed by atoms with Crippen molar-refractivity contribution in [3.8, 4) is 0 Å². The van der Waals surface area contributed by atoms with Crippen molar-refractivity contribution in [2.24, 2.45) is 0 Å². The van der Waals surface area contributed by atoms with Crippen molar-refractivity contribution in [3.63, 3.8) is 0 Å². The van der Waals surface area contributed by atoms with Crippen molar-refractivity contribution < 1.29 is 39.8 Å². The van der Waals surface area contributed by atoms with E-state index < -0.39 is 49.5 Å². The summed E-state index contributed by atoms with van der Waals surface area (Å²) < 4.78 is 11.3. The van der Waals surface area contributed by atoms with Gasteiger partial charge in [-0.2, -0.15) is 0 Å². The van der Waals surface area contributed by atoms with Gasteiger partial charge >= 0.3 is 0 Å². The van der Waals surface area contributed by atoms with Crippen molar-refractivity contribution in [2.75, 3.05) is 13.2 Å². The zero-order valence-corrected chi connectivity index (χ0v) is 50.1. The molecule has 1 amide bonds. The maximum atomic E-state index is 13.1. The fourth-order valence-electron chi connectivity index (χ4n) is 9.20. The molecule has 0 aromatic heterocycles. The largest absolute Gasteiger partial charge is 0.394 e. The Morgan fingerprint density at radius 3 is 1.22 bits per heavy atom. The summed E-state index contributed by atoms with van der Waals surface area (Å²) >= 11 is 0. The first-order valence-corrected chi connectivity index (χ1v) is 31.9. The van der Waals surface area contributed by atoms with Crippen LogP contribution in [-0.2, 0) is 14.3 Å². The molecule has 0 aromatic rings. The number of nitrogens with one attached hydrogen (secondary N) is 1. The van der Waals surface area contributed by atoms with E-state index in [1.165, 1.54) is 109 Å². The molecule has 1 heterocycles. The lowest BCUT2D eigenvalue weighted by Gasteiger charge is -2.40. The number of hydrogen-bond acceptors (Lipinski definition) is 8. The first-order chi connectivity index (χ1) is 38.8. The zero-order valence-electron chi connectivity index (χ0n) is 50.1. The second kappa shape index (κ2) is 57.6. The molecule has 1 fully saturated rings. The molecule has 450 valence electrons. The number of aliphatic hydroxyl groups excluding tert-OH is 5. The third-order valence-corrected chi connectivity index (χ3v) is 14.2. The summed E-state index contributed by atoms with van der Waals surface area (Å²) in [4.78, 5) is 13.1. The number of ether oxygens (including phenoxy) is 2. The van der Waals surface area contributed by atoms with Crippen LogP contribution < -0.4 is 5.32 Å². The Morgan fingerprint density at radius 1 is 0.443 bits per heavy atom. The van der Waals surface area contributed by atoms with Crippen LogP contribution in [0.15, 0.2) is 134 Å². The lowest BCUT2D eigenvalue weighted by molar-refractivity contribution is -0.302. The van der Waals surface area contributed by atoms with E-state index in [9.17, 15) is 30.3 Å². The number of hydrogen-bond donors (Lipinski definition) is 6. The smallest absolute Gasteiger partial charge is 0.220 e. The Morgan fingerprint density at radius 2 is 0.797 bits per heavy atom. The van der Waals surface area contributed by atoms with E-state index >= 15 is 0 Å². The molecule has 0 aliphatic carbocycles. The fraction of sp³-hybridized carbons (Fsp3) is 0.671. The van der Waals surface area contributed by atoms with Crippen LogP contribution in [0.3, 0.4) is 0 Å². The average Bonchev–Trinajstić information content (AvgIpc) is 3.47. The summed E-state index contributed by atoms with van der Waals surface area (Å²) in [6, 6.07) is -0.844. The molecule has 1 rings (SSSR count). The predicted octanol–water partition coefficient (Wildman–Crippen LogP) is 16.9. The van der Waals surface area contributed by atoms with Crippen molar-refractivity contribution in [1.29, 1.82) is 0 Å². The third kappa shape index (κ3) is 46.6. The average molecular weight is 1100 g/mol. The molecule has 1 aliphatic heterocycles. The lowest BCUT2D eigenvalue weighted by atomic mass is 9.99. The van der Waals surface area contributed by atoms with Crippen LogP contribution in [-0.4, -0.2) is 87.5 Å². The van der Waals surface area contributed by atoms with Gasteiger partial charge in [-0.25, -0.2) is 0 Å². The van der Waals surface area contributed by atoms with Gasteiger partial charge in [0.1, 0.15) is 24.4 Å². The molecule has 0 bridgehead atoms. The van der Waals surface area contributed by atoms with Crippen molar-refractivity contribution in [1.82, 2.24) is 5.32 Å². The van der Waals surface area contributed by atoms with Gasteiger partial charge in [0.25, 0.3) is 0 Å². The van der Waals surface area contributed by atoms with Gasteiger partial charge in [-0.1, -0.05) is 263 Å². The monoisotopic (exact) mass is 1100 g/mol. The van der Waals surface area contributed by atoms with E-state index in [0.29, 0.717) is 6.42 Å². The quantitative estimate of drug-likeness (QED) is 0.0261. The molecule has 0 spiro atoms. The van der Waals surface area contributed by atoms with Gasteiger partial charge in [-0.15, -0.1) is 0 Å². The van der Waals surface area contributed by atoms with Crippen molar-refractivity contribution in [2.45, 2.75) is 288 Å². The Bertz CT molecular complexity index is 1700. The van der Waals surface area contributed by atoms with Crippen LogP contribution in [0.5, 0.6) is 0 Å². The number of aliphatic hydroxyl groups is 5. The lowest BCUT2D eigenvalue weighted by Crippen LogP contribution is -2.60. The van der Waals surface area contributed by atoms with Gasteiger partial charge in [0.15, 0.2) is 6.29 Å². The van der Waals surface area contributed by atoms with Gasteiger partial charge < -0.3 is 40.3 Å². The summed E-state index contributed by atoms with van der Waals surface area (Å²) in [5.74, 6) is -0.204. The first kappa shape index (κ1) is 73.3. The molecular formula is C70H117NO8. The predicted molar refractivity (Wildman–Crippen MR) is 336 cm³/mol. The van der Waals surface area contributed by atoms with Crippen LogP contribution in [0.4, 0.5) is 0 Å². The van der Waals surface area contributed by atoms with Crippen molar-refractivity contribution >= 4 is 5.91 Å². The molecule has 0 saturated carbocycles. The SMILES string of the molecule is CC/C=C\C/C=C\C/C=C\C/C=C\C/C=C\C/C=C\C/C=C\C/C=C\CCCCCCCCCCC(=O)NC(COC1OC(CO)C(O)C(O)C1O)C(O)/C=C/CC/C=C/CC/C=C/CCCCCCCCCCCCCCC. The molecular weight excluding hydrogens is 983 g/mol. The Balaban J connectivity index is 2.24. The van der Waals surface area contributed by atoms with E-state index in [1.807, 2.05) is 6.08 Å². The maximum absolute atomic E-state index is 13.1. The van der Waals surface area contributed by atoms with Gasteiger partial charge in [0.05, 0.1) is 25.4 Å². The summed E-state index contributed by atoms with van der Waals surface area (Å²) in [6.07, 6.45) is 80.9. The van der Waals surface area contributed by atoms with Gasteiger partial charge in [0.2, 0.25) is 5.91 Å². The highest BCUT2D eigenvalue weighted by Crippen LogP contribution is 2.23. The molecule has 1 saturated heterocycles. The second-order valence-corrected chi connectivity index (χ2v) is 21.4. The van der Waals surface area contributed by atoms with Crippen molar-refractivity contribution in [3.05, 3.63) is 134 Å². The molecule has 9 nitrogen and oxygen atoms in total. The standard InChI is InChI=1S/C70H117NO8/c1-3-5-7-9-11-13-15-17-19-21-23-25-27-28-29-30-31-32-33-34-35-36-38-40-42-44-46-48-50-52-54-56-58-60-66(74)71-63(62-78-70-69(77)68(76)67(75)65(61-72)79-70)64(73)59-57-55-53-51-49-47-45-43-41-39-37-26-24-22-20-18-16-14-12-10-8-6-4-2/h5,7,11,13,17,19,23,25,28-29,31-32,34-35,38,40-41,43,49,51,57,59,63-65,67-70,72-73,75-77H,3-4,6,8-10,12,14-16,18,20-22,24,26-27,30,33,36-37,39,42,44-48,50,52-56,58,60-62H2,1-2H3,(H,71,74)/b7-5-,13-11-,19-17-,25-23-,29-28-,32-31-,35-34-,40-38-,43-41+,51-49+,59-57+. The number of allylic oxidation sites excluding steroid dienone is 21. The number of carbonyl (C=O) groups excluding carboxylic acids is 1. The highest BCUT2D eigenvalue weighted by molar-refractivity contribution is 5.76.